The summed E-state index contributed by atoms with van der Waals surface area (Å²) in [6, 6.07) is 10.2. The van der Waals surface area contributed by atoms with Gasteiger partial charge in [0.2, 0.25) is 5.91 Å². The van der Waals surface area contributed by atoms with Gasteiger partial charge in [0.05, 0.1) is 5.69 Å². The number of hydrogen-bond donors (Lipinski definition) is 2. The minimum absolute atomic E-state index is 0.0560. The van der Waals surface area contributed by atoms with Crippen LogP contribution in [0.15, 0.2) is 43.0 Å². The largest absolute Gasteiger partial charge is 0.352 e. The van der Waals surface area contributed by atoms with E-state index in [-0.39, 0.29) is 29.2 Å². The Morgan fingerprint density at radius 2 is 2.04 bits per heavy atom. The predicted molar refractivity (Wildman–Crippen MR) is 106 cm³/mol. The van der Waals surface area contributed by atoms with Crippen LogP contribution in [-0.2, 0) is 10.2 Å². The molecule has 3 rings (SSSR count). The lowest BCUT2D eigenvalue weighted by molar-refractivity contribution is -0.117. The monoisotopic (exact) mass is 384 g/mol. The van der Waals surface area contributed by atoms with Crippen molar-refractivity contribution in [1.29, 1.82) is 0 Å². The Bertz CT molecular complexity index is 826. The average Bonchev–Trinajstić information content (AvgIpc) is 3.14. The predicted octanol–water partition coefficient (Wildman–Crippen LogP) is 2.79. The third kappa shape index (κ3) is 4.08. The van der Waals surface area contributed by atoms with Gasteiger partial charge in [-0.05, 0) is 41.9 Å². The lowest BCUT2D eigenvalue weighted by Crippen LogP contribution is -2.57. The highest BCUT2D eigenvalue weighted by atomic mass is 32.1. The van der Waals surface area contributed by atoms with E-state index in [1.54, 1.807) is 0 Å². The first kappa shape index (κ1) is 19.2. The zero-order valence-electron chi connectivity index (χ0n) is 15.6. The van der Waals surface area contributed by atoms with Crippen molar-refractivity contribution in [1.82, 2.24) is 20.2 Å². The molecule has 1 heterocycles. The van der Waals surface area contributed by atoms with E-state index >= 15 is 0 Å². The van der Waals surface area contributed by atoms with E-state index < -0.39 is 0 Å². The van der Waals surface area contributed by atoms with Crippen molar-refractivity contribution in [2.75, 3.05) is 6.54 Å². The van der Waals surface area contributed by atoms with Gasteiger partial charge in [-0.2, -0.15) is 0 Å². The van der Waals surface area contributed by atoms with Crippen LogP contribution in [0.1, 0.15) is 53.5 Å². The van der Waals surface area contributed by atoms with Gasteiger partial charge in [-0.25, -0.2) is 0 Å². The summed E-state index contributed by atoms with van der Waals surface area (Å²) in [6.45, 7) is 8.02. The number of carbonyl (C=O) groups excluding carboxylic acids is 2. The number of benzene rings is 1. The molecule has 0 atom stereocenters. The molecule has 0 unspecified atom stereocenters. The van der Waals surface area contributed by atoms with Crippen LogP contribution in [0, 0.1) is 0 Å². The van der Waals surface area contributed by atoms with E-state index in [0.29, 0.717) is 11.4 Å². The minimum Gasteiger partial charge on any atom is -0.352 e. The molecule has 0 saturated heterocycles. The number of rotatable bonds is 7. The Morgan fingerprint density at radius 1 is 1.33 bits per heavy atom. The number of carbonyl (C=O) groups is 2. The number of hydrogen-bond acceptors (Lipinski definition) is 5. The Hall–Kier alpha value is -2.54. The minimum atomic E-state index is -0.185. The fourth-order valence-electron chi connectivity index (χ4n) is 3.57. The summed E-state index contributed by atoms with van der Waals surface area (Å²) in [4.78, 5) is 24.9. The molecule has 142 valence electrons. The van der Waals surface area contributed by atoms with Gasteiger partial charge in [0, 0.05) is 18.0 Å². The molecule has 7 heteroatoms. The van der Waals surface area contributed by atoms with Crippen molar-refractivity contribution in [3.05, 3.63) is 59.1 Å². The molecule has 1 fully saturated rings. The number of amides is 2. The quantitative estimate of drug-likeness (QED) is 0.719. The summed E-state index contributed by atoms with van der Waals surface area (Å²) in [5.74, 6) is -0.144. The fourth-order valence-corrected chi connectivity index (χ4v) is 4.29. The maximum atomic E-state index is 12.6. The molecule has 2 amide bonds. The number of aromatic nitrogens is 2. The molecule has 1 saturated carbocycles. The van der Waals surface area contributed by atoms with Crippen molar-refractivity contribution in [2.24, 2.45) is 0 Å². The second-order valence-electron chi connectivity index (χ2n) is 7.29. The zero-order valence-corrected chi connectivity index (χ0v) is 16.4. The number of nitrogens with one attached hydrogen (secondary N) is 2. The van der Waals surface area contributed by atoms with Crippen LogP contribution in [0.2, 0.25) is 0 Å². The molecule has 1 aromatic heterocycles. The smallest absolute Gasteiger partial charge is 0.265 e. The van der Waals surface area contributed by atoms with Gasteiger partial charge in [0.25, 0.3) is 5.91 Å². The maximum absolute atomic E-state index is 12.6. The molecule has 0 bridgehead atoms. The van der Waals surface area contributed by atoms with Gasteiger partial charge < -0.3 is 10.6 Å². The summed E-state index contributed by atoms with van der Waals surface area (Å²) >= 11 is 1.13. The van der Waals surface area contributed by atoms with Crippen LogP contribution in [-0.4, -0.2) is 34.0 Å². The molecule has 1 aliphatic rings. The Labute approximate surface area is 163 Å². The first-order valence-electron chi connectivity index (χ1n) is 9.04. The van der Waals surface area contributed by atoms with Crippen molar-refractivity contribution in [2.45, 2.75) is 44.1 Å². The van der Waals surface area contributed by atoms with Gasteiger partial charge in [-0.1, -0.05) is 55.2 Å². The van der Waals surface area contributed by atoms with Crippen LogP contribution >= 0.6 is 11.5 Å². The van der Waals surface area contributed by atoms with Gasteiger partial charge in [0.1, 0.15) is 4.88 Å². The van der Waals surface area contributed by atoms with E-state index in [2.05, 4.69) is 38.9 Å². The summed E-state index contributed by atoms with van der Waals surface area (Å²) < 4.78 is 3.92. The SMILES string of the molecule is C=CC(=O)NCC1(c2ccccc2)CC(NC(=O)c2snnc2C(C)C)C1. The Morgan fingerprint density at radius 3 is 2.67 bits per heavy atom. The van der Waals surface area contributed by atoms with Crippen molar-refractivity contribution in [3.8, 4) is 0 Å². The molecule has 0 aliphatic heterocycles. The topological polar surface area (TPSA) is 84.0 Å². The van der Waals surface area contributed by atoms with Crippen molar-refractivity contribution >= 4 is 23.3 Å². The third-order valence-electron chi connectivity index (χ3n) is 5.05. The number of nitrogens with zero attached hydrogens (tertiary/aromatic N) is 2. The van der Waals surface area contributed by atoms with Crippen LogP contribution in [0.3, 0.4) is 0 Å². The molecule has 1 aromatic carbocycles. The third-order valence-corrected chi connectivity index (χ3v) is 5.79. The van der Waals surface area contributed by atoms with Crippen molar-refractivity contribution in [3.63, 3.8) is 0 Å². The lowest BCUT2D eigenvalue weighted by atomic mass is 9.61. The first-order chi connectivity index (χ1) is 12.9. The van der Waals surface area contributed by atoms with E-state index in [1.165, 1.54) is 11.6 Å². The second-order valence-corrected chi connectivity index (χ2v) is 8.04. The second kappa shape index (κ2) is 8.00. The molecule has 27 heavy (non-hydrogen) atoms. The highest BCUT2D eigenvalue weighted by molar-refractivity contribution is 7.08. The standard InChI is InChI=1S/C20H24N4O2S/c1-4-16(25)21-12-20(14-8-6-5-7-9-14)10-15(11-20)22-19(26)18-17(13(2)3)23-24-27-18/h4-9,13,15H,1,10-12H2,2-3H3,(H,21,25)(H,22,26). The van der Waals surface area contributed by atoms with Gasteiger partial charge in [-0.15, -0.1) is 5.10 Å². The molecule has 0 spiro atoms. The summed E-state index contributed by atoms with van der Waals surface area (Å²) in [7, 11) is 0. The summed E-state index contributed by atoms with van der Waals surface area (Å²) in [5, 5.41) is 10.1. The molecule has 1 aliphatic carbocycles. The highest BCUT2D eigenvalue weighted by Crippen LogP contribution is 2.43. The Balaban J connectivity index is 1.68. The fraction of sp³-hybridized carbons (Fsp3) is 0.400. The van der Waals surface area contributed by atoms with Crippen molar-refractivity contribution < 1.29 is 9.59 Å². The molecule has 0 radical (unpaired) electrons. The summed E-state index contributed by atoms with van der Waals surface area (Å²) in [5.41, 5.74) is 1.73. The zero-order chi connectivity index (χ0) is 19.4. The van der Waals surface area contributed by atoms with Crippen LogP contribution < -0.4 is 10.6 Å². The molecular formula is C20H24N4O2S. The first-order valence-corrected chi connectivity index (χ1v) is 9.81. The molecule has 6 nitrogen and oxygen atoms in total. The van der Waals surface area contributed by atoms with Crippen LogP contribution in [0.5, 0.6) is 0 Å². The molecular weight excluding hydrogens is 360 g/mol. The normalized spacial score (nSPS) is 21.4. The van der Waals surface area contributed by atoms with E-state index in [1.807, 2.05) is 32.0 Å². The average molecular weight is 385 g/mol. The van der Waals surface area contributed by atoms with Gasteiger partial charge >= 0.3 is 0 Å². The molecule has 2 aromatic rings. The highest BCUT2D eigenvalue weighted by Gasteiger charge is 2.46. The van der Waals surface area contributed by atoms with Crippen LogP contribution in [0.4, 0.5) is 0 Å². The summed E-state index contributed by atoms with van der Waals surface area (Å²) in [6.07, 6.45) is 2.81. The Kier molecular flexibility index (Phi) is 5.70. The lowest BCUT2D eigenvalue weighted by Gasteiger charge is -2.48. The molecule has 2 N–H and O–H groups in total. The van der Waals surface area contributed by atoms with E-state index in [0.717, 1.165) is 30.1 Å². The maximum Gasteiger partial charge on any atom is 0.265 e. The van der Waals surface area contributed by atoms with Crippen LogP contribution in [0.25, 0.3) is 0 Å². The van der Waals surface area contributed by atoms with E-state index in [4.69, 9.17) is 0 Å². The van der Waals surface area contributed by atoms with E-state index in [9.17, 15) is 9.59 Å². The van der Waals surface area contributed by atoms with Gasteiger partial charge in [-0.3, -0.25) is 9.59 Å². The van der Waals surface area contributed by atoms with Gasteiger partial charge in [0.15, 0.2) is 0 Å².